The number of carbonyl (C=O) groups is 1. The number of nitrogens with one attached hydrogen (secondary N) is 2. The van der Waals surface area contributed by atoms with Gasteiger partial charge in [-0.15, -0.1) is 24.2 Å². The topological polar surface area (TPSA) is 87.0 Å². The largest absolute Gasteiger partial charge is 0.349 e. The SMILES string of the molecule is Cl.N[C@@H]1CCC[C@H](NC(=O)C2=CN(c3ccnc4[nH]ccc34)CCS2)C1. The summed E-state index contributed by atoms with van der Waals surface area (Å²) in [6.07, 6.45) is 9.71. The van der Waals surface area contributed by atoms with Crippen LogP contribution in [0, 0.1) is 0 Å². The lowest BCUT2D eigenvalue weighted by Crippen LogP contribution is -2.43. The van der Waals surface area contributed by atoms with Gasteiger partial charge in [-0.25, -0.2) is 4.98 Å². The third kappa shape index (κ3) is 4.00. The lowest BCUT2D eigenvalue weighted by atomic mass is 9.91. The van der Waals surface area contributed by atoms with Crippen LogP contribution in [0.25, 0.3) is 11.0 Å². The fourth-order valence-corrected chi connectivity index (χ4v) is 4.52. The van der Waals surface area contributed by atoms with Crippen LogP contribution in [0.4, 0.5) is 5.69 Å². The summed E-state index contributed by atoms with van der Waals surface area (Å²) in [6, 6.07) is 4.43. The minimum atomic E-state index is 0. The van der Waals surface area contributed by atoms with E-state index < -0.39 is 0 Å². The molecular weight excluding hydrogens is 370 g/mol. The molecule has 0 saturated heterocycles. The molecule has 0 unspecified atom stereocenters. The zero-order valence-corrected chi connectivity index (χ0v) is 16.1. The van der Waals surface area contributed by atoms with Crippen molar-refractivity contribution in [1.82, 2.24) is 15.3 Å². The monoisotopic (exact) mass is 393 g/mol. The van der Waals surface area contributed by atoms with Gasteiger partial charge >= 0.3 is 0 Å². The van der Waals surface area contributed by atoms with Gasteiger partial charge in [0.2, 0.25) is 0 Å². The molecule has 0 bridgehead atoms. The maximum Gasteiger partial charge on any atom is 0.259 e. The summed E-state index contributed by atoms with van der Waals surface area (Å²) in [5.41, 5.74) is 7.98. The lowest BCUT2D eigenvalue weighted by molar-refractivity contribution is -0.117. The van der Waals surface area contributed by atoms with Crippen molar-refractivity contribution in [2.75, 3.05) is 17.2 Å². The van der Waals surface area contributed by atoms with E-state index in [2.05, 4.69) is 20.2 Å². The Morgan fingerprint density at radius 1 is 1.38 bits per heavy atom. The van der Waals surface area contributed by atoms with Crippen molar-refractivity contribution < 1.29 is 4.79 Å². The van der Waals surface area contributed by atoms with E-state index in [1.54, 1.807) is 18.0 Å². The van der Waals surface area contributed by atoms with Crippen LogP contribution in [0.2, 0.25) is 0 Å². The first-order valence-corrected chi connectivity index (χ1v) is 9.79. The molecule has 1 fully saturated rings. The Kier molecular flexibility index (Phi) is 6.11. The maximum atomic E-state index is 12.7. The molecule has 4 N–H and O–H groups in total. The van der Waals surface area contributed by atoms with E-state index in [4.69, 9.17) is 5.73 Å². The van der Waals surface area contributed by atoms with E-state index in [1.807, 2.05) is 24.5 Å². The number of halogens is 1. The quantitative estimate of drug-likeness (QED) is 0.746. The van der Waals surface area contributed by atoms with Crippen LogP contribution in [0.15, 0.2) is 35.6 Å². The van der Waals surface area contributed by atoms with Crippen molar-refractivity contribution in [3.63, 3.8) is 0 Å². The minimum absolute atomic E-state index is 0. The molecule has 4 rings (SSSR count). The minimum Gasteiger partial charge on any atom is -0.349 e. The molecule has 1 aliphatic heterocycles. The summed E-state index contributed by atoms with van der Waals surface area (Å²) in [7, 11) is 0. The summed E-state index contributed by atoms with van der Waals surface area (Å²) in [5.74, 6) is 0.908. The number of pyridine rings is 1. The average Bonchev–Trinajstić information content (AvgIpc) is 3.10. The van der Waals surface area contributed by atoms with E-state index >= 15 is 0 Å². The number of carbonyl (C=O) groups excluding carboxylic acids is 1. The predicted molar refractivity (Wildman–Crippen MR) is 110 cm³/mol. The molecule has 0 aromatic carbocycles. The molecule has 0 spiro atoms. The standard InChI is InChI=1S/C18H23N5OS.ClH/c19-12-2-1-3-13(10-12)22-18(24)16-11-23(8-9-25-16)15-5-7-21-17-14(15)4-6-20-17;/h4-7,11-13H,1-3,8-10,19H2,(H,20,21)(H,22,24);1H/t12-,13+;/m1./s1. The predicted octanol–water partition coefficient (Wildman–Crippen LogP) is 2.77. The Morgan fingerprint density at radius 2 is 2.27 bits per heavy atom. The molecule has 1 aliphatic carbocycles. The maximum absolute atomic E-state index is 12.7. The van der Waals surface area contributed by atoms with Crippen LogP contribution < -0.4 is 16.0 Å². The second-order valence-electron chi connectivity index (χ2n) is 6.70. The van der Waals surface area contributed by atoms with E-state index in [1.165, 1.54) is 0 Å². The molecule has 2 aliphatic rings. The zero-order chi connectivity index (χ0) is 17.2. The highest BCUT2D eigenvalue weighted by Gasteiger charge is 2.24. The molecule has 26 heavy (non-hydrogen) atoms. The van der Waals surface area contributed by atoms with Crippen molar-refractivity contribution in [2.24, 2.45) is 5.73 Å². The van der Waals surface area contributed by atoms with Crippen LogP contribution in [0.3, 0.4) is 0 Å². The van der Waals surface area contributed by atoms with Crippen molar-refractivity contribution >= 4 is 46.8 Å². The molecule has 140 valence electrons. The fourth-order valence-electron chi connectivity index (χ4n) is 3.62. The van der Waals surface area contributed by atoms with Gasteiger partial charge in [-0.1, -0.05) is 0 Å². The summed E-state index contributed by atoms with van der Waals surface area (Å²) in [4.78, 5) is 23.1. The first-order valence-electron chi connectivity index (χ1n) is 8.80. The third-order valence-electron chi connectivity index (χ3n) is 4.88. The number of thioether (sulfide) groups is 1. The van der Waals surface area contributed by atoms with Crippen LogP contribution >= 0.6 is 24.2 Å². The Hall–Kier alpha value is -1.70. The Bertz CT molecular complexity index is 808. The average molecular weight is 394 g/mol. The fraction of sp³-hybridized carbons (Fsp3) is 0.444. The number of aromatic amines is 1. The number of rotatable bonds is 3. The van der Waals surface area contributed by atoms with Crippen molar-refractivity contribution in [2.45, 2.75) is 37.8 Å². The van der Waals surface area contributed by atoms with Gasteiger partial charge in [0.05, 0.1) is 10.6 Å². The van der Waals surface area contributed by atoms with E-state index in [-0.39, 0.29) is 30.4 Å². The molecule has 1 saturated carbocycles. The highest BCUT2D eigenvalue weighted by Crippen LogP contribution is 2.30. The zero-order valence-electron chi connectivity index (χ0n) is 14.5. The molecule has 2 aromatic heterocycles. The molecule has 3 heterocycles. The van der Waals surface area contributed by atoms with E-state index in [9.17, 15) is 4.79 Å². The molecule has 6 nitrogen and oxygen atoms in total. The van der Waals surface area contributed by atoms with Crippen LogP contribution in [-0.4, -0.2) is 40.3 Å². The molecule has 0 radical (unpaired) electrons. The van der Waals surface area contributed by atoms with Gasteiger partial charge in [-0.2, -0.15) is 0 Å². The van der Waals surface area contributed by atoms with Gasteiger partial charge in [0.1, 0.15) is 5.65 Å². The third-order valence-corrected chi connectivity index (χ3v) is 5.87. The second kappa shape index (κ2) is 8.33. The molecule has 1 amide bonds. The van der Waals surface area contributed by atoms with Crippen LogP contribution in [-0.2, 0) is 4.79 Å². The highest BCUT2D eigenvalue weighted by atomic mass is 35.5. The van der Waals surface area contributed by atoms with Gasteiger partial charge in [-0.05, 0) is 37.8 Å². The molecular formula is C18H24ClN5OS. The van der Waals surface area contributed by atoms with Crippen molar-refractivity contribution in [1.29, 1.82) is 0 Å². The number of aromatic nitrogens is 2. The van der Waals surface area contributed by atoms with Crippen molar-refractivity contribution in [3.8, 4) is 0 Å². The molecule has 8 heteroatoms. The summed E-state index contributed by atoms with van der Waals surface area (Å²) >= 11 is 1.62. The summed E-state index contributed by atoms with van der Waals surface area (Å²) < 4.78 is 0. The Morgan fingerprint density at radius 3 is 3.12 bits per heavy atom. The van der Waals surface area contributed by atoms with Gasteiger partial charge in [0.15, 0.2) is 0 Å². The Labute approximate surface area is 163 Å². The number of hydrogen-bond acceptors (Lipinski definition) is 5. The van der Waals surface area contributed by atoms with Gasteiger partial charge in [0.25, 0.3) is 5.91 Å². The summed E-state index contributed by atoms with van der Waals surface area (Å²) in [6.45, 7) is 0.875. The molecule has 2 aromatic rings. The number of hydrogen-bond donors (Lipinski definition) is 3. The number of anilines is 1. The highest BCUT2D eigenvalue weighted by molar-refractivity contribution is 8.04. The Balaban J connectivity index is 0.00000196. The number of amides is 1. The van der Waals surface area contributed by atoms with E-state index in [0.717, 1.165) is 59.6 Å². The number of fused-ring (bicyclic) bond motifs is 1. The first kappa shape index (κ1) is 19.1. The van der Waals surface area contributed by atoms with E-state index in [0.29, 0.717) is 0 Å². The van der Waals surface area contributed by atoms with Gasteiger partial charge < -0.3 is 20.9 Å². The first-order chi connectivity index (χ1) is 12.2. The van der Waals surface area contributed by atoms with Crippen LogP contribution in [0.5, 0.6) is 0 Å². The molecule has 2 atom stereocenters. The number of nitrogens with zero attached hydrogens (tertiary/aromatic N) is 2. The lowest BCUT2D eigenvalue weighted by Gasteiger charge is -2.30. The summed E-state index contributed by atoms with van der Waals surface area (Å²) in [5, 5.41) is 4.24. The van der Waals surface area contributed by atoms with Gasteiger partial charge in [-0.3, -0.25) is 4.79 Å². The van der Waals surface area contributed by atoms with Crippen LogP contribution in [0.1, 0.15) is 25.7 Å². The number of H-pyrrole nitrogens is 1. The van der Waals surface area contributed by atoms with Crippen molar-refractivity contribution in [3.05, 3.63) is 35.6 Å². The normalized spacial score (nSPS) is 23.3. The van der Waals surface area contributed by atoms with Gasteiger partial charge in [0, 0.05) is 48.4 Å². The number of nitrogens with two attached hydrogens (primary N) is 1. The second-order valence-corrected chi connectivity index (χ2v) is 7.84. The smallest absolute Gasteiger partial charge is 0.259 e.